The Morgan fingerprint density at radius 2 is 2.12 bits per heavy atom. The van der Waals surface area contributed by atoms with Crippen LogP contribution in [0, 0.1) is 5.41 Å². The van der Waals surface area contributed by atoms with E-state index in [2.05, 4.69) is 24.2 Å². The van der Waals surface area contributed by atoms with Crippen LogP contribution in [0.15, 0.2) is 18.2 Å². The summed E-state index contributed by atoms with van der Waals surface area (Å²) in [5.41, 5.74) is 1.04. The molecule has 0 saturated carbocycles. The van der Waals surface area contributed by atoms with E-state index >= 15 is 0 Å². The number of likely N-dealkylation sites (tertiary alicyclic amines) is 1. The van der Waals surface area contributed by atoms with E-state index in [4.69, 9.17) is 11.6 Å². The van der Waals surface area contributed by atoms with Crippen LogP contribution < -0.4 is 5.32 Å². The fourth-order valence-corrected chi connectivity index (χ4v) is 3.47. The van der Waals surface area contributed by atoms with Crippen LogP contribution in [0.5, 0.6) is 0 Å². The number of halogens is 1. The molecule has 1 unspecified atom stereocenters. The van der Waals surface area contributed by atoms with E-state index < -0.39 is 0 Å². The van der Waals surface area contributed by atoms with Crippen molar-refractivity contribution in [3.63, 3.8) is 0 Å². The van der Waals surface area contributed by atoms with Gasteiger partial charge < -0.3 is 15.1 Å². The molecule has 0 aliphatic carbocycles. The SMILES string of the molecule is CCC(=O)Nc1cc(Cl)ccc1C(=O)N(C)CC1(C)CCN(C)C1. The van der Waals surface area contributed by atoms with Crippen molar-refractivity contribution in [3.8, 4) is 0 Å². The summed E-state index contributed by atoms with van der Waals surface area (Å²) < 4.78 is 0. The lowest BCUT2D eigenvalue weighted by molar-refractivity contribution is -0.115. The van der Waals surface area contributed by atoms with E-state index in [-0.39, 0.29) is 17.2 Å². The number of benzene rings is 1. The number of hydrogen-bond donors (Lipinski definition) is 1. The molecule has 1 aromatic carbocycles. The summed E-state index contributed by atoms with van der Waals surface area (Å²) in [5, 5.41) is 3.26. The highest BCUT2D eigenvalue weighted by Gasteiger charge is 2.34. The highest BCUT2D eigenvalue weighted by Crippen LogP contribution is 2.30. The molecule has 0 spiro atoms. The Morgan fingerprint density at radius 1 is 1.42 bits per heavy atom. The lowest BCUT2D eigenvalue weighted by atomic mass is 9.89. The maximum Gasteiger partial charge on any atom is 0.255 e. The number of carbonyl (C=O) groups excluding carboxylic acids is 2. The van der Waals surface area contributed by atoms with Crippen LogP contribution in [-0.2, 0) is 4.79 Å². The first-order chi connectivity index (χ1) is 11.2. The second kappa shape index (κ2) is 7.53. The molecule has 24 heavy (non-hydrogen) atoms. The number of amides is 2. The number of anilines is 1. The topological polar surface area (TPSA) is 52.7 Å². The molecule has 0 radical (unpaired) electrons. The van der Waals surface area contributed by atoms with E-state index in [1.54, 1.807) is 30.0 Å². The van der Waals surface area contributed by atoms with Crippen molar-refractivity contribution < 1.29 is 9.59 Å². The van der Waals surface area contributed by atoms with E-state index in [0.29, 0.717) is 29.2 Å². The molecule has 1 N–H and O–H groups in total. The Bertz CT molecular complexity index is 635. The van der Waals surface area contributed by atoms with Gasteiger partial charge in [-0.05, 0) is 43.6 Å². The summed E-state index contributed by atoms with van der Waals surface area (Å²) in [6.45, 7) is 6.69. The first-order valence-corrected chi connectivity index (χ1v) is 8.65. The van der Waals surface area contributed by atoms with Gasteiger partial charge in [-0.15, -0.1) is 0 Å². The van der Waals surface area contributed by atoms with Gasteiger partial charge in [0.15, 0.2) is 0 Å². The Hall–Kier alpha value is -1.59. The first kappa shape index (κ1) is 18.7. The maximum atomic E-state index is 12.9. The minimum absolute atomic E-state index is 0.0957. The molecule has 6 heteroatoms. The van der Waals surface area contributed by atoms with Crippen molar-refractivity contribution in [3.05, 3.63) is 28.8 Å². The summed E-state index contributed by atoms with van der Waals surface area (Å²) >= 11 is 6.02. The van der Waals surface area contributed by atoms with Crippen LogP contribution in [0.1, 0.15) is 37.0 Å². The van der Waals surface area contributed by atoms with Gasteiger partial charge in [0, 0.05) is 31.6 Å². The van der Waals surface area contributed by atoms with Gasteiger partial charge in [-0.3, -0.25) is 9.59 Å². The quantitative estimate of drug-likeness (QED) is 0.886. The number of rotatable bonds is 5. The van der Waals surface area contributed by atoms with Crippen LogP contribution in [0.4, 0.5) is 5.69 Å². The predicted molar refractivity (Wildman–Crippen MR) is 97.6 cm³/mol. The average Bonchev–Trinajstić information content (AvgIpc) is 2.85. The second-order valence-electron chi connectivity index (χ2n) is 7.05. The summed E-state index contributed by atoms with van der Waals surface area (Å²) in [4.78, 5) is 28.6. The zero-order valence-corrected chi connectivity index (χ0v) is 15.6. The van der Waals surface area contributed by atoms with Gasteiger partial charge in [0.2, 0.25) is 5.91 Å². The molecular weight excluding hydrogens is 326 g/mol. The van der Waals surface area contributed by atoms with Gasteiger partial charge >= 0.3 is 0 Å². The van der Waals surface area contributed by atoms with Gasteiger partial charge in [-0.2, -0.15) is 0 Å². The third-order valence-electron chi connectivity index (χ3n) is 4.52. The Balaban J connectivity index is 2.17. The summed E-state index contributed by atoms with van der Waals surface area (Å²) in [6.07, 6.45) is 1.42. The Morgan fingerprint density at radius 3 is 2.71 bits per heavy atom. The van der Waals surface area contributed by atoms with Crippen LogP contribution in [-0.4, -0.2) is 55.3 Å². The van der Waals surface area contributed by atoms with Gasteiger partial charge in [-0.1, -0.05) is 25.4 Å². The molecule has 1 fully saturated rings. The molecule has 0 bridgehead atoms. The highest BCUT2D eigenvalue weighted by atomic mass is 35.5. The molecule has 1 heterocycles. The molecule has 132 valence electrons. The Kier molecular flexibility index (Phi) is 5.88. The van der Waals surface area contributed by atoms with Gasteiger partial charge in [-0.25, -0.2) is 0 Å². The number of hydrogen-bond acceptors (Lipinski definition) is 3. The molecule has 5 nitrogen and oxygen atoms in total. The number of nitrogens with one attached hydrogen (secondary N) is 1. The van der Waals surface area contributed by atoms with Crippen LogP contribution in [0.2, 0.25) is 5.02 Å². The molecule has 2 amide bonds. The van der Waals surface area contributed by atoms with Gasteiger partial charge in [0.25, 0.3) is 5.91 Å². The third-order valence-corrected chi connectivity index (χ3v) is 4.76. The minimum atomic E-state index is -0.140. The van der Waals surface area contributed by atoms with E-state index in [1.165, 1.54) is 0 Å². The second-order valence-corrected chi connectivity index (χ2v) is 7.49. The summed E-state index contributed by atoms with van der Waals surface area (Å²) in [7, 11) is 3.91. The first-order valence-electron chi connectivity index (χ1n) is 8.27. The van der Waals surface area contributed by atoms with Crippen molar-refractivity contribution in [2.24, 2.45) is 5.41 Å². The minimum Gasteiger partial charge on any atom is -0.341 e. The molecule has 1 atom stereocenters. The molecule has 1 aliphatic rings. The van der Waals surface area contributed by atoms with Crippen LogP contribution >= 0.6 is 11.6 Å². The molecular formula is C18H26ClN3O2. The standard InChI is InChI=1S/C18H26ClN3O2/c1-5-16(23)20-15-10-13(19)6-7-14(15)17(24)22(4)12-18(2)8-9-21(3)11-18/h6-7,10H,5,8-9,11-12H2,1-4H3,(H,20,23). The zero-order valence-electron chi connectivity index (χ0n) is 14.9. The largest absolute Gasteiger partial charge is 0.341 e. The fraction of sp³-hybridized carbons (Fsp3) is 0.556. The van der Waals surface area contributed by atoms with Crippen molar-refractivity contribution in [2.75, 3.05) is 39.0 Å². The van der Waals surface area contributed by atoms with Crippen LogP contribution in [0.25, 0.3) is 0 Å². The fourth-order valence-electron chi connectivity index (χ4n) is 3.29. The normalized spacial score (nSPS) is 20.9. The lowest BCUT2D eigenvalue weighted by Crippen LogP contribution is -2.39. The monoisotopic (exact) mass is 351 g/mol. The van der Waals surface area contributed by atoms with Gasteiger partial charge in [0.1, 0.15) is 0 Å². The molecule has 0 aromatic heterocycles. The van der Waals surface area contributed by atoms with Gasteiger partial charge in [0.05, 0.1) is 11.3 Å². The van der Waals surface area contributed by atoms with E-state index in [0.717, 1.165) is 19.5 Å². The third kappa shape index (κ3) is 4.48. The average molecular weight is 352 g/mol. The summed E-state index contributed by atoms with van der Waals surface area (Å²) in [5.74, 6) is -0.243. The zero-order chi connectivity index (χ0) is 17.9. The number of carbonyl (C=O) groups is 2. The molecule has 2 rings (SSSR count). The highest BCUT2D eigenvalue weighted by molar-refractivity contribution is 6.31. The predicted octanol–water partition coefficient (Wildman–Crippen LogP) is 3.10. The van der Waals surface area contributed by atoms with Crippen molar-refractivity contribution in [1.82, 2.24) is 9.80 Å². The van der Waals surface area contributed by atoms with Crippen molar-refractivity contribution in [1.29, 1.82) is 0 Å². The van der Waals surface area contributed by atoms with E-state index in [1.807, 2.05) is 7.05 Å². The lowest BCUT2D eigenvalue weighted by Gasteiger charge is -2.30. The molecule has 1 aliphatic heterocycles. The van der Waals surface area contributed by atoms with Crippen LogP contribution in [0.3, 0.4) is 0 Å². The van der Waals surface area contributed by atoms with E-state index in [9.17, 15) is 9.59 Å². The molecule has 1 saturated heterocycles. The van der Waals surface area contributed by atoms with Crippen molar-refractivity contribution >= 4 is 29.1 Å². The van der Waals surface area contributed by atoms with Crippen molar-refractivity contribution in [2.45, 2.75) is 26.7 Å². The Labute approximate surface area is 149 Å². The smallest absolute Gasteiger partial charge is 0.255 e. The number of nitrogens with zero attached hydrogens (tertiary/aromatic N) is 2. The summed E-state index contributed by atoms with van der Waals surface area (Å²) in [6, 6.07) is 4.98. The maximum absolute atomic E-state index is 12.9. The molecule has 1 aromatic rings.